The molecule has 0 aliphatic carbocycles. The Morgan fingerprint density at radius 1 is 1.44 bits per heavy atom. The summed E-state index contributed by atoms with van der Waals surface area (Å²) in [4.78, 5) is 23.8. The summed E-state index contributed by atoms with van der Waals surface area (Å²) in [5.41, 5.74) is 0. The third kappa shape index (κ3) is 4.18. The molecule has 5 nitrogen and oxygen atoms in total. The Morgan fingerprint density at radius 3 is 2.69 bits per heavy atom. The summed E-state index contributed by atoms with van der Waals surface area (Å²) in [7, 11) is 0. The quantitative estimate of drug-likeness (QED) is 0.661. The van der Waals surface area contributed by atoms with Crippen LogP contribution in [-0.2, 0) is 19.1 Å². The second kappa shape index (κ2) is 5.84. The van der Waals surface area contributed by atoms with Gasteiger partial charge in [0.05, 0.1) is 12.2 Å². The van der Waals surface area contributed by atoms with Gasteiger partial charge in [-0.1, -0.05) is 0 Å². The molecule has 1 unspecified atom stereocenters. The van der Waals surface area contributed by atoms with E-state index in [4.69, 9.17) is 4.74 Å². The van der Waals surface area contributed by atoms with E-state index in [0.717, 1.165) is 6.42 Å². The molecule has 0 saturated carbocycles. The Hall–Kier alpha value is -1.10. The average Bonchev–Trinajstić information content (AvgIpc) is 2.61. The number of ether oxygens (including phenoxy) is 2. The first-order chi connectivity index (χ1) is 7.49. The van der Waals surface area contributed by atoms with Crippen molar-refractivity contribution in [1.29, 1.82) is 0 Å². The van der Waals surface area contributed by atoms with Gasteiger partial charge in [-0.15, -0.1) is 0 Å². The average molecular weight is 229 g/mol. The van der Waals surface area contributed by atoms with Crippen LogP contribution in [0.15, 0.2) is 0 Å². The van der Waals surface area contributed by atoms with Gasteiger partial charge in [0.25, 0.3) is 5.91 Å². The van der Waals surface area contributed by atoms with Crippen LogP contribution in [0.5, 0.6) is 0 Å². The van der Waals surface area contributed by atoms with Gasteiger partial charge in [0.1, 0.15) is 0 Å². The number of esters is 1. The summed E-state index contributed by atoms with van der Waals surface area (Å²) in [6, 6.07) is 0. The molecule has 1 saturated heterocycles. The molecule has 0 bridgehead atoms. The molecule has 1 atom stereocenters. The molecule has 92 valence electrons. The number of likely N-dealkylation sites (tertiary alicyclic amines) is 1. The van der Waals surface area contributed by atoms with Gasteiger partial charge in [-0.2, -0.15) is 0 Å². The van der Waals surface area contributed by atoms with Crippen LogP contribution in [0.1, 0.15) is 27.2 Å². The van der Waals surface area contributed by atoms with E-state index in [1.54, 1.807) is 4.90 Å². The first-order valence-corrected chi connectivity index (χ1v) is 5.55. The standard InChI is InChI=1S/C11H19NO4/c1-8(2)16-10-4-5-12(6-10)11(14)7-15-9(3)13/h8,10H,4-7H2,1-3H3. The van der Waals surface area contributed by atoms with Crippen molar-refractivity contribution in [3.8, 4) is 0 Å². The van der Waals surface area contributed by atoms with Gasteiger partial charge in [0, 0.05) is 20.0 Å². The van der Waals surface area contributed by atoms with Gasteiger partial charge in [0.15, 0.2) is 6.61 Å². The van der Waals surface area contributed by atoms with E-state index in [2.05, 4.69) is 4.74 Å². The van der Waals surface area contributed by atoms with Crippen molar-refractivity contribution >= 4 is 11.9 Å². The summed E-state index contributed by atoms with van der Waals surface area (Å²) in [6.45, 7) is 6.36. The minimum absolute atomic E-state index is 0.112. The number of amides is 1. The zero-order chi connectivity index (χ0) is 12.1. The van der Waals surface area contributed by atoms with Gasteiger partial charge < -0.3 is 14.4 Å². The highest BCUT2D eigenvalue weighted by Gasteiger charge is 2.27. The van der Waals surface area contributed by atoms with Crippen molar-refractivity contribution < 1.29 is 19.1 Å². The van der Waals surface area contributed by atoms with Crippen LogP contribution in [0, 0.1) is 0 Å². The molecule has 0 aromatic heterocycles. The molecule has 0 aromatic carbocycles. The maximum Gasteiger partial charge on any atom is 0.303 e. The Labute approximate surface area is 95.7 Å². The Kier molecular flexibility index (Phi) is 4.73. The lowest BCUT2D eigenvalue weighted by molar-refractivity contribution is -0.150. The maximum atomic E-state index is 11.6. The van der Waals surface area contributed by atoms with Crippen LogP contribution in [0.3, 0.4) is 0 Å². The molecule has 5 heteroatoms. The molecular weight excluding hydrogens is 210 g/mol. The van der Waals surface area contributed by atoms with E-state index in [9.17, 15) is 9.59 Å². The summed E-state index contributed by atoms with van der Waals surface area (Å²) < 4.78 is 10.3. The molecule has 0 N–H and O–H groups in total. The third-order valence-corrected chi connectivity index (χ3v) is 2.36. The molecule has 1 aliphatic heterocycles. The molecule has 0 radical (unpaired) electrons. The summed E-state index contributed by atoms with van der Waals surface area (Å²) >= 11 is 0. The van der Waals surface area contributed by atoms with Crippen LogP contribution in [-0.4, -0.2) is 48.7 Å². The fourth-order valence-corrected chi connectivity index (χ4v) is 1.71. The predicted molar refractivity (Wildman–Crippen MR) is 57.8 cm³/mol. The van der Waals surface area contributed by atoms with Crippen molar-refractivity contribution in [1.82, 2.24) is 4.90 Å². The monoisotopic (exact) mass is 229 g/mol. The lowest BCUT2D eigenvalue weighted by atomic mass is 10.3. The van der Waals surface area contributed by atoms with Gasteiger partial charge in [-0.25, -0.2) is 0 Å². The highest BCUT2D eigenvalue weighted by atomic mass is 16.5. The molecule has 1 aliphatic rings. The molecule has 1 heterocycles. The largest absolute Gasteiger partial charge is 0.456 e. The maximum absolute atomic E-state index is 11.6. The molecule has 0 spiro atoms. The van der Waals surface area contributed by atoms with Crippen molar-refractivity contribution in [2.75, 3.05) is 19.7 Å². The SMILES string of the molecule is CC(=O)OCC(=O)N1CCC(OC(C)C)C1. The summed E-state index contributed by atoms with van der Waals surface area (Å²) in [6.07, 6.45) is 1.14. The number of hydrogen-bond donors (Lipinski definition) is 0. The van der Waals surface area contributed by atoms with Crippen molar-refractivity contribution in [2.45, 2.75) is 39.4 Å². The first-order valence-electron chi connectivity index (χ1n) is 5.55. The zero-order valence-corrected chi connectivity index (χ0v) is 10.1. The topological polar surface area (TPSA) is 55.8 Å². The Morgan fingerprint density at radius 2 is 2.12 bits per heavy atom. The van der Waals surface area contributed by atoms with Crippen LogP contribution < -0.4 is 0 Å². The van der Waals surface area contributed by atoms with E-state index >= 15 is 0 Å². The van der Waals surface area contributed by atoms with Crippen LogP contribution in [0.4, 0.5) is 0 Å². The zero-order valence-electron chi connectivity index (χ0n) is 10.1. The fourth-order valence-electron chi connectivity index (χ4n) is 1.71. The van der Waals surface area contributed by atoms with E-state index in [-0.39, 0.29) is 24.7 Å². The van der Waals surface area contributed by atoms with Crippen LogP contribution in [0.2, 0.25) is 0 Å². The van der Waals surface area contributed by atoms with Crippen molar-refractivity contribution in [3.05, 3.63) is 0 Å². The summed E-state index contributed by atoms with van der Waals surface area (Å²) in [5.74, 6) is -0.576. The van der Waals surface area contributed by atoms with Gasteiger partial charge in [-0.05, 0) is 20.3 Å². The van der Waals surface area contributed by atoms with Gasteiger partial charge >= 0.3 is 5.97 Å². The summed E-state index contributed by atoms with van der Waals surface area (Å²) in [5, 5.41) is 0. The Bertz CT molecular complexity index is 265. The number of carbonyl (C=O) groups is 2. The lowest BCUT2D eigenvalue weighted by Crippen LogP contribution is -2.34. The molecule has 16 heavy (non-hydrogen) atoms. The molecule has 1 amide bonds. The number of carbonyl (C=O) groups excluding carboxylic acids is 2. The second-order valence-corrected chi connectivity index (χ2v) is 4.22. The molecule has 1 rings (SSSR count). The normalized spacial score (nSPS) is 20.2. The third-order valence-electron chi connectivity index (χ3n) is 2.36. The second-order valence-electron chi connectivity index (χ2n) is 4.22. The smallest absolute Gasteiger partial charge is 0.303 e. The minimum atomic E-state index is -0.428. The number of hydrogen-bond acceptors (Lipinski definition) is 4. The molecule has 0 aromatic rings. The lowest BCUT2D eigenvalue weighted by Gasteiger charge is -2.17. The Balaban J connectivity index is 2.29. The van der Waals surface area contributed by atoms with Gasteiger partial charge in [-0.3, -0.25) is 9.59 Å². The van der Waals surface area contributed by atoms with Crippen LogP contribution in [0.25, 0.3) is 0 Å². The highest BCUT2D eigenvalue weighted by Crippen LogP contribution is 2.14. The number of nitrogens with zero attached hydrogens (tertiary/aromatic N) is 1. The molecular formula is C11H19NO4. The first kappa shape index (κ1) is 13.0. The van der Waals surface area contributed by atoms with Crippen LogP contribution >= 0.6 is 0 Å². The van der Waals surface area contributed by atoms with E-state index in [0.29, 0.717) is 13.1 Å². The van der Waals surface area contributed by atoms with Crippen molar-refractivity contribution in [2.24, 2.45) is 0 Å². The van der Waals surface area contributed by atoms with Gasteiger partial charge in [0.2, 0.25) is 0 Å². The van der Waals surface area contributed by atoms with E-state index in [1.807, 2.05) is 13.8 Å². The fraction of sp³-hybridized carbons (Fsp3) is 0.818. The molecule has 1 fully saturated rings. The van der Waals surface area contributed by atoms with E-state index in [1.165, 1.54) is 6.92 Å². The van der Waals surface area contributed by atoms with Crippen molar-refractivity contribution in [3.63, 3.8) is 0 Å². The number of rotatable bonds is 4. The predicted octanol–water partition coefficient (Wildman–Crippen LogP) is 0.575. The van der Waals surface area contributed by atoms with E-state index < -0.39 is 5.97 Å². The highest BCUT2D eigenvalue weighted by molar-refractivity contribution is 5.80. The minimum Gasteiger partial charge on any atom is -0.456 e.